The van der Waals surface area contributed by atoms with Crippen molar-refractivity contribution in [2.45, 2.75) is 24.7 Å². The summed E-state index contributed by atoms with van der Waals surface area (Å²) in [6, 6.07) is 20.1. The Hall–Kier alpha value is -3.19. The Labute approximate surface area is 244 Å². The number of aliphatic hydroxyl groups excluding tert-OH is 1. The fourth-order valence-electron chi connectivity index (χ4n) is 6.47. The summed E-state index contributed by atoms with van der Waals surface area (Å²) in [5.74, 6) is -5.11. The fraction of sp³-hybridized carbons (Fsp3) is 0.333. The average molecular weight is 656 g/mol. The van der Waals surface area contributed by atoms with E-state index in [2.05, 4.69) is 5.32 Å². The van der Waals surface area contributed by atoms with Gasteiger partial charge in [0.2, 0.25) is 11.8 Å². The molecule has 6 rings (SSSR count). The van der Waals surface area contributed by atoms with E-state index in [-0.39, 0.29) is 42.8 Å². The lowest BCUT2D eigenvalue weighted by Gasteiger charge is -2.44. The molecule has 0 aromatic heterocycles. The average Bonchev–Trinajstić information content (AvgIpc) is 3.44. The molecular formula is C30H29IN2O7. The number of amides is 2. The number of fused-ring (bicyclic) bond motifs is 3. The summed E-state index contributed by atoms with van der Waals surface area (Å²) in [7, 11) is 1.45. The van der Waals surface area contributed by atoms with E-state index in [0.717, 1.165) is 11.4 Å². The highest BCUT2D eigenvalue weighted by molar-refractivity contribution is 14.1. The second kappa shape index (κ2) is 10.3. The van der Waals surface area contributed by atoms with Gasteiger partial charge in [-0.3, -0.25) is 14.5 Å². The molecule has 9 nitrogen and oxygen atoms in total. The number of aromatic hydroxyl groups is 1. The van der Waals surface area contributed by atoms with E-state index in [4.69, 9.17) is 9.47 Å². The van der Waals surface area contributed by atoms with Crippen LogP contribution in [0.2, 0.25) is 0 Å². The second-order valence-electron chi connectivity index (χ2n) is 10.6. The van der Waals surface area contributed by atoms with Gasteiger partial charge in [0.1, 0.15) is 0 Å². The zero-order valence-electron chi connectivity index (χ0n) is 21.7. The van der Waals surface area contributed by atoms with Crippen LogP contribution >= 0.6 is 22.6 Å². The molecule has 2 amide bonds. The number of rotatable bonds is 6. The lowest BCUT2D eigenvalue weighted by Crippen LogP contribution is -2.54. The lowest BCUT2D eigenvalue weighted by molar-refractivity contribution is -0.274. The molecule has 0 bridgehead atoms. The fourth-order valence-corrected chi connectivity index (χ4v) is 7.10. The molecule has 0 radical (unpaired) electrons. The zero-order chi connectivity index (χ0) is 28.2. The minimum atomic E-state index is -1.79. The summed E-state index contributed by atoms with van der Waals surface area (Å²) < 4.78 is 12.1. The van der Waals surface area contributed by atoms with Gasteiger partial charge >= 0.3 is 0 Å². The van der Waals surface area contributed by atoms with Gasteiger partial charge in [0.05, 0.1) is 40.9 Å². The molecule has 4 N–H and O–H groups in total. The largest absolute Gasteiger partial charge is 0.504 e. The maximum atomic E-state index is 13.9. The van der Waals surface area contributed by atoms with Crippen LogP contribution in [-0.4, -0.2) is 46.6 Å². The number of anilines is 3. The monoisotopic (exact) mass is 656 g/mol. The molecule has 40 heavy (non-hydrogen) atoms. The molecule has 3 aromatic rings. The quantitative estimate of drug-likeness (QED) is 0.228. The number of benzene rings is 3. The van der Waals surface area contributed by atoms with Crippen LogP contribution in [0.3, 0.4) is 0 Å². The van der Waals surface area contributed by atoms with E-state index in [1.54, 1.807) is 24.3 Å². The lowest BCUT2D eigenvalue weighted by atomic mass is 9.64. The van der Waals surface area contributed by atoms with Gasteiger partial charge in [-0.15, -0.1) is 0 Å². The molecular weight excluding hydrogens is 627 g/mol. The first kappa shape index (κ1) is 27.0. The van der Waals surface area contributed by atoms with Crippen LogP contribution in [-0.2, 0) is 14.3 Å². The van der Waals surface area contributed by atoms with Crippen molar-refractivity contribution in [3.63, 3.8) is 0 Å². The summed E-state index contributed by atoms with van der Waals surface area (Å²) >= 11 is 1.99. The van der Waals surface area contributed by atoms with E-state index < -0.39 is 35.6 Å². The smallest absolute Gasteiger partial charge is 0.238 e. The third kappa shape index (κ3) is 4.33. The van der Waals surface area contributed by atoms with E-state index in [9.17, 15) is 24.9 Å². The van der Waals surface area contributed by atoms with Gasteiger partial charge in [-0.1, -0.05) is 18.2 Å². The van der Waals surface area contributed by atoms with Crippen molar-refractivity contribution < 1.29 is 34.4 Å². The van der Waals surface area contributed by atoms with Crippen LogP contribution in [0, 0.1) is 27.2 Å². The molecule has 0 unspecified atom stereocenters. The van der Waals surface area contributed by atoms with Gasteiger partial charge in [0.25, 0.3) is 0 Å². The molecule has 3 aliphatic rings. The number of carbonyl (C=O) groups is 2. The van der Waals surface area contributed by atoms with Gasteiger partial charge in [-0.05, 0) is 89.5 Å². The molecule has 2 aliphatic heterocycles. The number of nitrogens with one attached hydrogen (secondary N) is 1. The number of para-hydroxylation sites is 1. The minimum Gasteiger partial charge on any atom is -0.504 e. The Kier molecular flexibility index (Phi) is 6.97. The van der Waals surface area contributed by atoms with Crippen molar-refractivity contribution in [3.8, 4) is 11.5 Å². The highest BCUT2D eigenvalue weighted by Crippen LogP contribution is 2.58. The predicted molar refractivity (Wildman–Crippen MR) is 155 cm³/mol. The second-order valence-corrected chi connectivity index (χ2v) is 11.7. The van der Waals surface area contributed by atoms with Crippen molar-refractivity contribution in [2.24, 2.45) is 23.7 Å². The van der Waals surface area contributed by atoms with E-state index in [1.807, 2.05) is 65.1 Å². The molecule has 1 aliphatic carbocycles. The summed E-state index contributed by atoms with van der Waals surface area (Å²) in [5, 5.41) is 35.6. The number of phenols is 1. The first-order valence-electron chi connectivity index (χ1n) is 13.1. The maximum absolute atomic E-state index is 13.9. The molecule has 6 atom stereocenters. The number of methoxy groups -OCH3 is 1. The number of nitrogens with zero attached hydrogens (tertiary/aromatic N) is 1. The number of halogens is 1. The molecule has 3 aromatic carbocycles. The highest BCUT2D eigenvalue weighted by Gasteiger charge is 2.66. The maximum Gasteiger partial charge on any atom is 0.238 e. The highest BCUT2D eigenvalue weighted by atomic mass is 127. The van der Waals surface area contributed by atoms with Crippen LogP contribution in [0.4, 0.5) is 17.1 Å². The molecule has 1 saturated carbocycles. The zero-order valence-corrected chi connectivity index (χ0v) is 23.8. The number of carbonyl (C=O) groups excluding carboxylic acids is 2. The standard InChI is InChI=1S/C30H29IN2O7/c1-39-25-12-16(11-23(31)27(25)35)24-14-22-26-21(13-17(15-34)30(22,38)40-24)28(36)33(29(26)37)20-9-7-19(8-10-20)32-18-5-3-2-4-6-18/h2-12,17,21-22,24,26,32,34-35,38H,13-15H2,1H3/t17-,21+,22+,24+,26+,30-/m1/s1. The number of aliphatic hydroxyl groups is 2. The molecule has 3 fully saturated rings. The number of ether oxygens (including phenoxy) is 2. The van der Waals surface area contributed by atoms with Crippen LogP contribution in [0.15, 0.2) is 66.7 Å². The Morgan fingerprint density at radius 2 is 1.75 bits per heavy atom. The first-order chi connectivity index (χ1) is 19.2. The van der Waals surface area contributed by atoms with Crippen molar-refractivity contribution in [1.82, 2.24) is 0 Å². The number of hydrogen-bond donors (Lipinski definition) is 4. The van der Waals surface area contributed by atoms with Gasteiger partial charge < -0.3 is 30.1 Å². The summed E-state index contributed by atoms with van der Waals surface area (Å²) in [4.78, 5) is 28.7. The molecule has 2 saturated heterocycles. The molecule has 0 spiro atoms. The number of hydrogen-bond acceptors (Lipinski definition) is 8. The minimum absolute atomic E-state index is 0.00599. The number of phenolic OH excluding ortho intramolecular Hbond substituents is 1. The Bertz CT molecular complexity index is 1450. The summed E-state index contributed by atoms with van der Waals surface area (Å²) in [6.45, 7) is -0.388. The predicted octanol–water partition coefficient (Wildman–Crippen LogP) is 4.33. The van der Waals surface area contributed by atoms with Gasteiger partial charge in [-0.2, -0.15) is 0 Å². The molecule has 2 heterocycles. The molecule has 10 heteroatoms. The normalized spacial score (nSPS) is 29.3. The van der Waals surface area contributed by atoms with Crippen molar-refractivity contribution in [1.29, 1.82) is 0 Å². The van der Waals surface area contributed by atoms with Crippen molar-refractivity contribution in [2.75, 3.05) is 23.9 Å². The van der Waals surface area contributed by atoms with Crippen molar-refractivity contribution >= 4 is 51.5 Å². The topological polar surface area (TPSA) is 129 Å². The Balaban J connectivity index is 1.29. The third-order valence-corrected chi connectivity index (χ3v) is 9.24. The van der Waals surface area contributed by atoms with Crippen LogP contribution in [0.25, 0.3) is 0 Å². The SMILES string of the molecule is COc1cc([C@@H]2C[C@H]3[C@H]4C(=O)N(c5ccc(Nc6ccccc6)cc5)C(=O)[C@H]4C[C@H](CO)[C@@]3(O)O2)cc(I)c1O. The molecule has 208 valence electrons. The van der Waals surface area contributed by atoms with Crippen LogP contribution in [0.1, 0.15) is 24.5 Å². The van der Waals surface area contributed by atoms with Crippen molar-refractivity contribution in [3.05, 3.63) is 75.9 Å². The van der Waals surface area contributed by atoms with Crippen LogP contribution in [0.5, 0.6) is 11.5 Å². The van der Waals surface area contributed by atoms with E-state index >= 15 is 0 Å². The van der Waals surface area contributed by atoms with E-state index in [0.29, 0.717) is 14.8 Å². The van der Waals surface area contributed by atoms with E-state index in [1.165, 1.54) is 12.0 Å². The first-order valence-corrected chi connectivity index (χ1v) is 14.2. The Morgan fingerprint density at radius 1 is 1.05 bits per heavy atom. The number of imide groups is 1. The van der Waals surface area contributed by atoms with Crippen LogP contribution < -0.4 is 15.0 Å². The Morgan fingerprint density at radius 3 is 2.42 bits per heavy atom. The van der Waals surface area contributed by atoms with Gasteiger partial charge in [0.15, 0.2) is 17.3 Å². The summed E-state index contributed by atoms with van der Waals surface area (Å²) in [5.41, 5.74) is 2.86. The third-order valence-electron chi connectivity index (χ3n) is 8.41. The van der Waals surface area contributed by atoms with Gasteiger partial charge in [0, 0.05) is 23.2 Å². The summed E-state index contributed by atoms with van der Waals surface area (Å²) in [6.07, 6.45) is -0.220. The van der Waals surface area contributed by atoms with Gasteiger partial charge in [-0.25, -0.2) is 0 Å².